The molecule has 2 aliphatic rings. The van der Waals surface area contributed by atoms with Crippen LogP contribution in [0.2, 0.25) is 0 Å². The van der Waals surface area contributed by atoms with E-state index in [1.165, 1.54) is 6.92 Å². The molecule has 0 bridgehead atoms. The maximum absolute atomic E-state index is 15.0. The number of ether oxygens (including phenoxy) is 5. The molecule has 0 radical (unpaired) electrons. The van der Waals surface area contributed by atoms with Gasteiger partial charge in [0.1, 0.15) is 50.8 Å². The summed E-state index contributed by atoms with van der Waals surface area (Å²) in [5.41, 5.74) is -2.20. The molecule has 33 nitrogen and oxygen atoms in total. The Bertz CT molecular complexity index is 2280. The lowest BCUT2D eigenvalue weighted by Gasteiger charge is -2.55. The molecule has 0 aromatic heterocycles. The van der Waals surface area contributed by atoms with Crippen LogP contribution in [-0.4, -0.2) is 161 Å². The third-order valence-corrected chi connectivity index (χ3v) is 15.3. The molecule has 37 heteroatoms. The van der Waals surface area contributed by atoms with Gasteiger partial charge in [0.25, 0.3) is 0 Å². The second-order valence-corrected chi connectivity index (χ2v) is 22.3. The van der Waals surface area contributed by atoms with E-state index in [4.69, 9.17) is 78.0 Å². The number of carbonyl (C=O) groups is 12. The lowest BCUT2D eigenvalue weighted by molar-refractivity contribution is -0.236. The number of fused-ring (bicyclic) bond motifs is 1. The average molecular weight is 1180 g/mol. The van der Waals surface area contributed by atoms with Crippen molar-refractivity contribution in [1.29, 1.82) is 0 Å². The summed E-state index contributed by atoms with van der Waals surface area (Å²) < 4.78 is 150. The Morgan fingerprint density at radius 2 is 0.697 bits per heavy atom. The highest BCUT2D eigenvalue weighted by Gasteiger charge is 2.66. The third-order valence-electron chi connectivity index (χ3n) is 9.82. The zero-order chi connectivity index (χ0) is 57.8. The van der Waals surface area contributed by atoms with Crippen molar-refractivity contribution in [1.82, 2.24) is 0 Å². The Morgan fingerprint density at radius 1 is 0.408 bits per heavy atom. The van der Waals surface area contributed by atoms with Gasteiger partial charge in [0.15, 0.2) is 23.1 Å². The summed E-state index contributed by atoms with van der Waals surface area (Å²) in [6.07, 6.45) is -13.0. The molecule has 2 fully saturated rings. The number of phosphoric acid groups is 4. The number of phosphoric ester groups is 4. The van der Waals surface area contributed by atoms with Gasteiger partial charge >= 0.3 is 55.2 Å². The molecule has 1 aliphatic carbocycles. The average Bonchev–Trinajstić information content (AvgIpc) is 3.51. The summed E-state index contributed by atoms with van der Waals surface area (Å²) in [4.78, 5) is 146. The number of carbonyl (C=O) groups excluding carboxylic acids is 12. The molecule has 6 atom stereocenters. The van der Waals surface area contributed by atoms with Gasteiger partial charge < -0.3 is 23.7 Å². The van der Waals surface area contributed by atoms with Crippen LogP contribution in [0.25, 0.3) is 0 Å². The van der Waals surface area contributed by atoms with Crippen LogP contribution in [-0.2, 0) is 154 Å². The molecule has 0 N–H and O–H groups in total. The first-order chi connectivity index (χ1) is 35.2. The fourth-order valence-corrected chi connectivity index (χ4v) is 10.8. The van der Waals surface area contributed by atoms with Gasteiger partial charge in [-0.1, -0.05) is 13.3 Å². The second-order valence-electron chi connectivity index (χ2n) is 15.8. The molecule has 1 aliphatic heterocycles. The van der Waals surface area contributed by atoms with E-state index < -0.39 is 191 Å². The molecule has 0 amide bonds. The minimum atomic E-state index is -5.99. The Kier molecular flexibility index (Phi) is 27.4. The molecular formula is C39H56O33P4. The highest BCUT2D eigenvalue weighted by atomic mass is 31.2. The lowest BCUT2D eigenvalue weighted by Crippen LogP contribution is -2.68. The summed E-state index contributed by atoms with van der Waals surface area (Å²) in [5, 5.41) is 0. The van der Waals surface area contributed by atoms with Crippen molar-refractivity contribution >= 4 is 101 Å². The highest BCUT2D eigenvalue weighted by molar-refractivity contribution is 7.49. The van der Waals surface area contributed by atoms with Crippen LogP contribution in [0.3, 0.4) is 0 Å². The van der Waals surface area contributed by atoms with E-state index in [0.717, 1.165) is 55.4 Å². The van der Waals surface area contributed by atoms with Crippen molar-refractivity contribution in [3.63, 3.8) is 0 Å². The predicted octanol–water partition coefficient (Wildman–Crippen LogP) is 2.40. The van der Waals surface area contributed by atoms with E-state index in [1.54, 1.807) is 0 Å². The molecule has 1 saturated heterocycles. The van der Waals surface area contributed by atoms with Crippen molar-refractivity contribution in [2.75, 3.05) is 60.2 Å². The molecule has 0 aromatic carbocycles. The molecule has 76 heavy (non-hydrogen) atoms. The highest BCUT2D eigenvalue weighted by Crippen LogP contribution is 2.65. The van der Waals surface area contributed by atoms with Crippen LogP contribution < -0.4 is 0 Å². The van der Waals surface area contributed by atoms with E-state index in [1.807, 2.05) is 0 Å². The predicted molar refractivity (Wildman–Crippen MR) is 239 cm³/mol. The largest absolute Gasteiger partial charge is 0.481 e. The van der Waals surface area contributed by atoms with Crippen molar-refractivity contribution in [3.05, 3.63) is 0 Å². The number of ketones is 8. The van der Waals surface area contributed by atoms with Crippen LogP contribution in [0.15, 0.2) is 0 Å². The van der Waals surface area contributed by atoms with E-state index in [0.29, 0.717) is 0 Å². The summed E-state index contributed by atoms with van der Waals surface area (Å²) in [7, 11) is -23.2. The van der Waals surface area contributed by atoms with Gasteiger partial charge in [0.2, 0.25) is 50.3 Å². The summed E-state index contributed by atoms with van der Waals surface area (Å²) in [5.74, 6) is -14.9. The second kappa shape index (κ2) is 30.7. The van der Waals surface area contributed by atoms with Crippen molar-refractivity contribution in [3.8, 4) is 0 Å². The fourth-order valence-electron chi connectivity index (χ4n) is 5.99. The number of Topliss-reactive ketones (excluding diaryl/α,β-unsaturated/α-hetero) is 8. The monoisotopic (exact) mass is 1180 g/mol. The minimum absolute atomic E-state index is 0.000574. The third kappa shape index (κ3) is 22.5. The van der Waals surface area contributed by atoms with E-state index >= 15 is 4.57 Å². The molecule has 430 valence electrons. The summed E-state index contributed by atoms with van der Waals surface area (Å²) in [6.45, 7) is -4.10. The molecule has 1 heterocycles. The van der Waals surface area contributed by atoms with Crippen molar-refractivity contribution in [2.24, 2.45) is 5.41 Å². The smallest absolute Gasteiger partial charge is 0.438 e. The fraction of sp³-hybridized carbons (Fsp3) is 0.692. The van der Waals surface area contributed by atoms with Gasteiger partial charge in [-0.25, -0.2) is 36.4 Å². The first kappa shape index (κ1) is 67.7. The zero-order valence-corrected chi connectivity index (χ0v) is 45.7. The lowest BCUT2D eigenvalue weighted by atomic mass is 9.65. The van der Waals surface area contributed by atoms with E-state index in [9.17, 15) is 71.2 Å². The standard InChI is InChI=1S/C39H56O33P4/c1-22(40)30(48)14-61-73(52,62-15-31(49)23(2)41)71-36-34(69-75(54,65-18-57-26(5)44)66-19-58-27(6)45)35(70-76(55,67-20-59-28(7)46)68-21-60-29(8)47)37-39(9,12-10-11-13-56-37)38(36)72-74(53,63-16-32(50)24(3)42)64-17-33(51)25(4)43/h34-38H,10-21H2,1-9H3/t34-,35+,36+,37+,38-,39-/m1/s1. The van der Waals surface area contributed by atoms with Crippen LogP contribution >= 0.6 is 31.3 Å². The number of esters is 4. The molecule has 0 unspecified atom stereocenters. The minimum Gasteiger partial charge on any atom is -0.438 e. The summed E-state index contributed by atoms with van der Waals surface area (Å²) >= 11 is 0. The Morgan fingerprint density at radius 3 is 1.01 bits per heavy atom. The number of hydrogen-bond donors (Lipinski definition) is 0. The van der Waals surface area contributed by atoms with Gasteiger partial charge in [-0.15, -0.1) is 0 Å². The first-order valence-electron chi connectivity index (χ1n) is 21.8. The van der Waals surface area contributed by atoms with Crippen LogP contribution in [0.4, 0.5) is 0 Å². The van der Waals surface area contributed by atoms with Crippen molar-refractivity contribution in [2.45, 2.75) is 112 Å². The topological polar surface area (TPSA) is 430 Å². The number of rotatable bonds is 36. The van der Waals surface area contributed by atoms with Gasteiger partial charge in [-0.3, -0.25) is 93.7 Å². The van der Waals surface area contributed by atoms with Crippen LogP contribution in [0, 0.1) is 5.41 Å². The van der Waals surface area contributed by atoms with E-state index in [-0.39, 0.29) is 25.9 Å². The molecule has 0 aromatic rings. The number of hydrogen-bond acceptors (Lipinski definition) is 33. The Labute approximate surface area is 432 Å². The Balaban J connectivity index is 3.37. The molecule has 0 spiro atoms. The molecule has 2 rings (SSSR count). The van der Waals surface area contributed by atoms with Crippen molar-refractivity contribution < 1.29 is 154 Å². The SMILES string of the molecule is CC(=O)OCOP(=O)(OCOC(C)=O)O[C@H]1[C@H](OP(=O)(OCC(=O)C(C)=O)OCC(=O)C(C)=O)[C@@H](OP(=O)(OCC(=O)C(C)=O)OCC(=O)C(C)=O)[C@]2(C)CCCCO[C@H]2[C@H]1OP(=O)(OCOC(C)=O)OCOC(C)=O. The van der Waals surface area contributed by atoms with Gasteiger partial charge in [0.05, 0.1) is 6.10 Å². The first-order valence-corrected chi connectivity index (χ1v) is 27.6. The maximum atomic E-state index is 15.0. The van der Waals surface area contributed by atoms with Crippen LogP contribution in [0.5, 0.6) is 0 Å². The van der Waals surface area contributed by atoms with E-state index in [2.05, 4.69) is 0 Å². The Hall–Kier alpha value is -4.36. The normalized spacial score (nSPS) is 20.9. The molecule has 1 saturated carbocycles. The van der Waals surface area contributed by atoms with Gasteiger partial charge in [-0.2, -0.15) is 0 Å². The van der Waals surface area contributed by atoms with Gasteiger partial charge in [-0.05, 0) is 12.8 Å². The van der Waals surface area contributed by atoms with Crippen LogP contribution in [0.1, 0.15) is 81.6 Å². The quantitative estimate of drug-likeness (QED) is 0.0286. The molecular weight excluding hydrogens is 1120 g/mol. The van der Waals surface area contributed by atoms with Gasteiger partial charge in [0, 0.05) is 67.4 Å². The summed E-state index contributed by atoms with van der Waals surface area (Å²) in [6, 6.07) is 0. The maximum Gasteiger partial charge on any atom is 0.481 e. The zero-order valence-electron chi connectivity index (χ0n) is 42.1.